The average Bonchev–Trinajstić information content (AvgIpc) is 4.28. The molecule has 0 atom stereocenters. The molecule has 0 radical (unpaired) electrons. The Balaban J connectivity index is 0.000000159. The maximum absolute atomic E-state index is 11.2. The molecule has 10 aromatic heterocycles. The zero-order valence-electron chi connectivity index (χ0n) is 40.4. The largest absolute Gasteiger partial charge is 0.363 e. The van der Waals surface area contributed by atoms with Gasteiger partial charge in [-0.2, -0.15) is 20.3 Å². The number of carbonyl (C=O) groups is 5. The number of nitrogens with zero attached hydrogens (tertiary/aromatic N) is 15. The highest BCUT2D eigenvalue weighted by Gasteiger charge is 2.13. The van der Waals surface area contributed by atoms with Crippen LogP contribution in [0.3, 0.4) is 0 Å². The second-order valence-corrected chi connectivity index (χ2v) is 17.2. The lowest BCUT2D eigenvalue weighted by molar-refractivity contribution is -0.137. The molecule has 388 valence electrons. The van der Waals surface area contributed by atoms with E-state index in [1.807, 2.05) is 76.3 Å². The molecule has 0 fully saturated rings. The molecule has 0 aliphatic carbocycles. The lowest BCUT2D eigenvalue weighted by Crippen LogP contribution is -2.40. The average molecular weight is 1090 g/mol. The summed E-state index contributed by atoms with van der Waals surface area (Å²) in [4.78, 5) is 82.9. The zero-order chi connectivity index (χ0) is 55.2. The van der Waals surface area contributed by atoms with Crippen LogP contribution < -0.4 is 44.4 Å². The van der Waals surface area contributed by atoms with Crippen LogP contribution >= 0.6 is 35.8 Å². The van der Waals surface area contributed by atoms with Crippen LogP contribution in [0, 0.1) is 0 Å². The molecule has 31 heteroatoms. The lowest BCUT2D eigenvalue weighted by Gasteiger charge is -2.09. The number of thiocarbonyl (C=S) groups is 2. The number of aliphatic imine (C=N–C) groups is 1. The Morgan fingerprint density at radius 2 is 1.10 bits per heavy atom. The summed E-state index contributed by atoms with van der Waals surface area (Å²) in [6, 6.07) is 16.6. The first-order valence-electron chi connectivity index (χ1n) is 21.9. The molecule has 0 saturated heterocycles. The van der Waals surface area contributed by atoms with Gasteiger partial charge in [0.25, 0.3) is 11.8 Å². The van der Waals surface area contributed by atoms with Gasteiger partial charge in [0, 0.05) is 91.7 Å². The van der Waals surface area contributed by atoms with E-state index in [1.165, 1.54) is 0 Å². The summed E-state index contributed by atoms with van der Waals surface area (Å²) in [6.45, 7) is -0.276. The molecule has 0 aliphatic rings. The van der Waals surface area contributed by atoms with Crippen LogP contribution in [0.2, 0.25) is 0 Å². The number of isothiocyanates is 1. The number of nitrogens with two attached hydrogens (primary N) is 4. The van der Waals surface area contributed by atoms with Crippen molar-refractivity contribution < 1.29 is 24.0 Å². The highest BCUT2D eigenvalue weighted by molar-refractivity contribution is 7.80. The number of nitrogens with one attached hydrogen (secondary N) is 4. The Bertz CT molecular complexity index is 3900. The van der Waals surface area contributed by atoms with Crippen molar-refractivity contribution in [2.75, 3.05) is 17.2 Å². The van der Waals surface area contributed by atoms with E-state index in [0.717, 1.165) is 72.3 Å². The lowest BCUT2D eigenvalue weighted by atomic mass is 10.1. The summed E-state index contributed by atoms with van der Waals surface area (Å²) >= 11 is 10.7. The van der Waals surface area contributed by atoms with Crippen molar-refractivity contribution in [3.63, 3.8) is 0 Å². The van der Waals surface area contributed by atoms with E-state index in [0.29, 0.717) is 28.1 Å². The van der Waals surface area contributed by atoms with Gasteiger partial charge in [0.2, 0.25) is 15.9 Å². The predicted molar refractivity (Wildman–Crippen MR) is 292 cm³/mol. The number of aryl methyl sites for hydroxylation is 3. The second-order valence-electron chi connectivity index (χ2n) is 15.6. The number of primary amides is 3. The number of rotatable bonds is 11. The third-order valence-electron chi connectivity index (χ3n) is 10.0. The first-order valence-corrected chi connectivity index (χ1v) is 23.5. The number of hydrazine groups is 1. The van der Waals surface area contributed by atoms with Crippen molar-refractivity contribution in [2.24, 2.45) is 49.2 Å². The minimum absolute atomic E-state index is 0.142. The van der Waals surface area contributed by atoms with Gasteiger partial charge in [0.05, 0.1) is 63.4 Å². The molecule has 10 heterocycles. The minimum Gasteiger partial charge on any atom is -0.363 e. The number of hydrogen-bond acceptors (Lipinski definition) is 22. The number of pyridine rings is 6. The molecule has 0 unspecified atom stereocenters. The molecule has 0 bridgehead atoms. The Morgan fingerprint density at radius 1 is 0.623 bits per heavy atom. The fourth-order valence-electron chi connectivity index (χ4n) is 6.40. The maximum atomic E-state index is 11.2. The SMILES string of the molecule is Cn1cc(-c2cnc3ccc(N=C=S)nc3c2)cn1.Cn1cc(-c2cnc3ccc(NC(=S)NCC(=O)C(N)=O)nc3c2)cn1.Cn1cc(-c2cnc3ccc(Nc4nnc(C(N)=O)s4)nc3c2)cn1.NNC(=O)C(N)=O. The topological polar surface area (TPSA) is 406 Å². The number of fused-ring (bicyclic) bond motifs is 3. The van der Waals surface area contributed by atoms with Gasteiger partial charge in [-0.15, -0.1) is 10.2 Å². The standard InChI is InChI=1S/C16H15N7O2S.C15H12N8OS.C13H9N5S.C2H5N3O2/c1-23-8-10(6-20-23)9-4-12-11(18-5-9)2-3-14(21-12)22-16(26)19-7-13(24)15(17)25;1-23-7-9(6-18-23)8-4-11-10(17-5-8)2-3-12(19-11)20-15-22-21-14(25-15)13(16)24;1-18-7-10(6-16-18)9-4-12-11(14-5-9)2-3-13(17-12)15-8-19;3-1(6)2(7)5-4/h2-6,8H,7H2,1H3,(H2,17,25)(H2,19,21,22,26);2-7H,1H3,(H2,16,24)(H,19,20,22);2-7H,1H3;4H2,(H2,3,6)(H,5,7). The van der Waals surface area contributed by atoms with Gasteiger partial charge in [0.15, 0.2) is 10.9 Å². The van der Waals surface area contributed by atoms with E-state index < -0.39 is 29.4 Å². The van der Waals surface area contributed by atoms with Crippen molar-refractivity contribution >= 4 is 131 Å². The molecule has 0 spiro atoms. The van der Waals surface area contributed by atoms with E-state index in [9.17, 15) is 24.0 Å². The molecular weight excluding hydrogens is 1050 g/mol. The summed E-state index contributed by atoms with van der Waals surface area (Å²) in [5.41, 5.74) is 26.2. The maximum Gasteiger partial charge on any atom is 0.322 e. The van der Waals surface area contributed by atoms with Gasteiger partial charge in [-0.05, 0) is 79.0 Å². The Labute approximate surface area is 448 Å². The number of aromatic nitrogens is 14. The zero-order valence-corrected chi connectivity index (χ0v) is 42.8. The van der Waals surface area contributed by atoms with Gasteiger partial charge in [0.1, 0.15) is 11.6 Å². The molecule has 0 aromatic carbocycles. The van der Waals surface area contributed by atoms with Gasteiger partial charge >= 0.3 is 11.8 Å². The van der Waals surface area contributed by atoms with Crippen LogP contribution in [0.1, 0.15) is 9.80 Å². The quantitative estimate of drug-likeness (QED) is 0.0230. The van der Waals surface area contributed by atoms with Gasteiger partial charge in [-0.1, -0.05) is 11.3 Å². The Kier molecular flexibility index (Phi) is 17.7. The molecule has 12 N–H and O–H groups in total. The van der Waals surface area contributed by atoms with Crippen LogP contribution in [-0.2, 0) is 40.3 Å². The summed E-state index contributed by atoms with van der Waals surface area (Å²) in [5, 5.41) is 31.6. The number of amides is 4. The first-order chi connectivity index (χ1) is 36.9. The van der Waals surface area contributed by atoms with Crippen molar-refractivity contribution in [1.29, 1.82) is 0 Å². The van der Waals surface area contributed by atoms with Gasteiger partial charge in [-0.25, -0.2) is 20.8 Å². The molecule has 10 rings (SSSR count). The molecule has 77 heavy (non-hydrogen) atoms. The number of hydrogen-bond donors (Lipinski definition) is 8. The molecule has 10 aromatic rings. The van der Waals surface area contributed by atoms with Crippen LogP contribution in [0.4, 0.5) is 22.6 Å². The van der Waals surface area contributed by atoms with Crippen LogP contribution in [0.5, 0.6) is 0 Å². The number of Topliss-reactive ketones (excluding diaryl/α,β-unsaturated/α-hetero) is 1. The molecule has 28 nitrogen and oxygen atoms in total. The highest BCUT2D eigenvalue weighted by Crippen LogP contribution is 2.26. The minimum atomic E-state index is -1.08. The second kappa shape index (κ2) is 25.1. The van der Waals surface area contributed by atoms with E-state index in [4.69, 9.17) is 23.7 Å². The van der Waals surface area contributed by atoms with Crippen molar-refractivity contribution in [2.45, 2.75) is 0 Å². The molecule has 4 amide bonds. The van der Waals surface area contributed by atoms with Gasteiger partial charge in [-0.3, -0.25) is 58.4 Å². The summed E-state index contributed by atoms with van der Waals surface area (Å²) in [6.07, 6.45) is 16.4. The molecule has 0 saturated carbocycles. The number of anilines is 3. The number of ketones is 1. The first kappa shape index (κ1) is 54.4. The molecule has 0 aliphatic heterocycles. The van der Waals surface area contributed by atoms with Crippen molar-refractivity contribution in [1.82, 2.24) is 80.2 Å². The third kappa shape index (κ3) is 14.9. The monoisotopic (exact) mass is 1090 g/mol. The van der Waals surface area contributed by atoms with Crippen LogP contribution in [0.25, 0.3) is 66.5 Å². The fraction of sp³-hybridized carbons (Fsp3) is 0.0870. The van der Waals surface area contributed by atoms with E-state index in [2.05, 4.69) is 105 Å². The Morgan fingerprint density at radius 3 is 1.52 bits per heavy atom. The third-order valence-corrected chi connectivity index (χ3v) is 11.2. The smallest absolute Gasteiger partial charge is 0.322 e. The highest BCUT2D eigenvalue weighted by atomic mass is 32.1. The Hall–Kier alpha value is -10.3. The van der Waals surface area contributed by atoms with Crippen LogP contribution in [-0.4, -0.2) is 116 Å². The van der Waals surface area contributed by atoms with E-state index >= 15 is 0 Å². The van der Waals surface area contributed by atoms with Crippen molar-refractivity contribution in [3.05, 3.63) is 115 Å². The molecular formula is C46H41N23O5S3. The van der Waals surface area contributed by atoms with E-state index in [1.54, 1.807) is 74.7 Å². The number of carbonyl (C=O) groups excluding carboxylic acids is 5. The van der Waals surface area contributed by atoms with Gasteiger partial charge < -0.3 is 33.2 Å². The summed E-state index contributed by atoms with van der Waals surface area (Å²) in [7, 11) is 5.58. The van der Waals surface area contributed by atoms with E-state index in [-0.39, 0.29) is 16.7 Å². The van der Waals surface area contributed by atoms with Crippen molar-refractivity contribution in [3.8, 4) is 33.4 Å². The van der Waals surface area contributed by atoms with Crippen LogP contribution in [0.15, 0.2) is 115 Å². The normalized spacial score (nSPS) is 10.3. The predicted octanol–water partition coefficient (Wildman–Crippen LogP) is 2.32. The summed E-state index contributed by atoms with van der Waals surface area (Å²) < 4.78 is 5.19. The summed E-state index contributed by atoms with van der Waals surface area (Å²) in [5.74, 6) is 1.61. The fourth-order valence-corrected chi connectivity index (χ4v) is 7.28.